The minimum absolute atomic E-state index is 0.127. The highest BCUT2D eigenvalue weighted by molar-refractivity contribution is 5.85. The predicted molar refractivity (Wildman–Crippen MR) is 86.2 cm³/mol. The van der Waals surface area contributed by atoms with Gasteiger partial charge in [0, 0.05) is 6.42 Å². The van der Waals surface area contributed by atoms with Crippen LogP contribution in [0.5, 0.6) is 11.5 Å². The smallest absolute Gasteiger partial charge is 0.283 e. The maximum Gasteiger partial charge on any atom is 0.283 e. The number of hydrogen-bond donors (Lipinski definition) is 2. The summed E-state index contributed by atoms with van der Waals surface area (Å²) in [7, 11) is 0. The summed E-state index contributed by atoms with van der Waals surface area (Å²) in [6.45, 7) is 0.130. The SMILES string of the molecule is O=C(CC1CC2CCC1C2)NNC(=O)C1COc2ccccc2O1. The molecule has 2 fully saturated rings. The molecule has 1 aromatic rings. The second-order valence-corrected chi connectivity index (χ2v) is 7.04. The van der Waals surface area contributed by atoms with Gasteiger partial charge in [-0.15, -0.1) is 0 Å². The van der Waals surface area contributed by atoms with E-state index in [-0.39, 0.29) is 12.5 Å². The fourth-order valence-corrected chi connectivity index (χ4v) is 4.28. The highest BCUT2D eigenvalue weighted by Crippen LogP contribution is 2.49. The molecule has 6 nitrogen and oxygen atoms in total. The molecular formula is C18H22N2O4. The van der Waals surface area contributed by atoms with E-state index in [2.05, 4.69) is 10.9 Å². The molecule has 2 amide bonds. The van der Waals surface area contributed by atoms with Crippen molar-refractivity contribution in [1.29, 1.82) is 0 Å². The molecule has 4 unspecified atom stereocenters. The van der Waals surface area contributed by atoms with Crippen molar-refractivity contribution in [3.05, 3.63) is 24.3 Å². The van der Waals surface area contributed by atoms with Crippen LogP contribution in [0.15, 0.2) is 24.3 Å². The second kappa shape index (κ2) is 6.34. The molecule has 2 aliphatic carbocycles. The standard InChI is InChI=1S/C18H22N2O4/c21-17(9-13-8-11-5-6-12(13)7-11)19-20-18(22)16-10-23-14-3-1-2-4-15(14)24-16/h1-4,11-13,16H,5-10H2,(H,19,21)(H,20,22). The van der Waals surface area contributed by atoms with Gasteiger partial charge >= 0.3 is 0 Å². The number of para-hydroxylation sites is 2. The van der Waals surface area contributed by atoms with Gasteiger partial charge in [0.15, 0.2) is 11.5 Å². The average molecular weight is 330 g/mol. The maximum atomic E-state index is 12.1. The quantitative estimate of drug-likeness (QED) is 0.829. The minimum Gasteiger partial charge on any atom is -0.485 e. The van der Waals surface area contributed by atoms with Crippen LogP contribution in [0.3, 0.4) is 0 Å². The van der Waals surface area contributed by atoms with E-state index in [1.165, 1.54) is 19.3 Å². The summed E-state index contributed by atoms with van der Waals surface area (Å²) in [4.78, 5) is 24.2. The van der Waals surface area contributed by atoms with Crippen molar-refractivity contribution in [3.8, 4) is 11.5 Å². The first-order valence-electron chi connectivity index (χ1n) is 8.66. The molecule has 1 aromatic carbocycles. The van der Waals surface area contributed by atoms with Gasteiger partial charge < -0.3 is 9.47 Å². The van der Waals surface area contributed by atoms with E-state index in [1.807, 2.05) is 12.1 Å². The molecule has 3 aliphatic rings. The Balaban J connectivity index is 1.24. The molecule has 24 heavy (non-hydrogen) atoms. The number of hydrazine groups is 1. The number of ether oxygens (including phenoxy) is 2. The first kappa shape index (κ1) is 15.3. The molecular weight excluding hydrogens is 308 g/mol. The Labute approximate surface area is 140 Å². The lowest BCUT2D eigenvalue weighted by molar-refractivity contribution is -0.135. The predicted octanol–water partition coefficient (Wildman–Crippen LogP) is 1.80. The van der Waals surface area contributed by atoms with Crippen LogP contribution in [0.25, 0.3) is 0 Å². The minimum atomic E-state index is -0.761. The fourth-order valence-electron chi connectivity index (χ4n) is 4.28. The number of amides is 2. The van der Waals surface area contributed by atoms with Gasteiger partial charge in [-0.25, -0.2) is 0 Å². The Morgan fingerprint density at radius 1 is 1.08 bits per heavy atom. The summed E-state index contributed by atoms with van der Waals surface area (Å²) >= 11 is 0. The summed E-state index contributed by atoms with van der Waals surface area (Å²) in [6.07, 6.45) is 4.73. The zero-order valence-corrected chi connectivity index (χ0v) is 13.5. The third-order valence-corrected chi connectivity index (χ3v) is 5.46. The summed E-state index contributed by atoms with van der Waals surface area (Å²) in [5, 5.41) is 0. The topological polar surface area (TPSA) is 76.7 Å². The molecule has 128 valence electrons. The molecule has 4 atom stereocenters. The van der Waals surface area contributed by atoms with Crippen molar-refractivity contribution in [1.82, 2.24) is 10.9 Å². The Bertz CT molecular complexity index is 648. The molecule has 4 rings (SSSR count). The number of carbonyl (C=O) groups excluding carboxylic acids is 2. The molecule has 2 saturated carbocycles. The molecule has 6 heteroatoms. The van der Waals surface area contributed by atoms with E-state index >= 15 is 0 Å². The molecule has 1 heterocycles. The van der Waals surface area contributed by atoms with Gasteiger partial charge in [0.25, 0.3) is 5.91 Å². The zero-order chi connectivity index (χ0) is 16.5. The largest absolute Gasteiger partial charge is 0.485 e. The van der Waals surface area contributed by atoms with Crippen molar-refractivity contribution in [2.45, 2.75) is 38.2 Å². The van der Waals surface area contributed by atoms with Crippen molar-refractivity contribution >= 4 is 11.8 Å². The summed E-state index contributed by atoms with van der Waals surface area (Å²) in [6, 6.07) is 7.21. The van der Waals surface area contributed by atoms with Gasteiger partial charge in [-0.2, -0.15) is 0 Å². The number of hydrogen-bond acceptors (Lipinski definition) is 4. The van der Waals surface area contributed by atoms with Crippen LogP contribution in [0.2, 0.25) is 0 Å². The molecule has 2 N–H and O–H groups in total. The molecule has 1 aliphatic heterocycles. The fraction of sp³-hybridized carbons (Fsp3) is 0.556. The van der Waals surface area contributed by atoms with Crippen LogP contribution in [0.1, 0.15) is 32.1 Å². The van der Waals surface area contributed by atoms with Crippen molar-refractivity contribution < 1.29 is 19.1 Å². The van der Waals surface area contributed by atoms with Gasteiger partial charge in [0.05, 0.1) is 0 Å². The summed E-state index contributed by atoms with van der Waals surface area (Å²) < 4.78 is 11.1. The molecule has 0 saturated heterocycles. The van der Waals surface area contributed by atoms with Crippen LogP contribution in [-0.4, -0.2) is 24.5 Å². The molecule has 0 aromatic heterocycles. The number of carbonyl (C=O) groups is 2. The number of fused-ring (bicyclic) bond motifs is 3. The van der Waals surface area contributed by atoms with E-state index in [0.29, 0.717) is 29.8 Å². The second-order valence-electron chi connectivity index (χ2n) is 7.04. The molecule has 0 radical (unpaired) electrons. The first-order valence-corrected chi connectivity index (χ1v) is 8.66. The number of nitrogens with one attached hydrogen (secondary N) is 2. The summed E-state index contributed by atoms with van der Waals surface area (Å²) in [5.41, 5.74) is 4.97. The third kappa shape index (κ3) is 3.05. The van der Waals surface area contributed by atoms with Crippen LogP contribution < -0.4 is 20.3 Å². The van der Waals surface area contributed by atoms with Crippen LogP contribution in [-0.2, 0) is 9.59 Å². The van der Waals surface area contributed by atoms with Gasteiger partial charge in [0.1, 0.15) is 6.61 Å². The number of rotatable bonds is 3. The Morgan fingerprint density at radius 3 is 2.67 bits per heavy atom. The first-order chi connectivity index (χ1) is 11.7. The highest BCUT2D eigenvalue weighted by Gasteiger charge is 2.40. The van der Waals surface area contributed by atoms with Crippen molar-refractivity contribution in [3.63, 3.8) is 0 Å². The normalized spacial score (nSPS) is 30.0. The van der Waals surface area contributed by atoms with Gasteiger partial charge in [-0.05, 0) is 49.1 Å². The highest BCUT2D eigenvalue weighted by atomic mass is 16.6. The van der Waals surface area contributed by atoms with Crippen LogP contribution in [0, 0.1) is 17.8 Å². The van der Waals surface area contributed by atoms with Gasteiger partial charge in [0.2, 0.25) is 12.0 Å². The Morgan fingerprint density at radius 2 is 1.92 bits per heavy atom. The average Bonchev–Trinajstić information content (AvgIpc) is 3.22. The van der Waals surface area contributed by atoms with E-state index in [4.69, 9.17) is 9.47 Å². The lowest BCUT2D eigenvalue weighted by Crippen LogP contribution is -2.51. The Kier molecular flexibility index (Phi) is 4.04. The summed E-state index contributed by atoms with van der Waals surface area (Å²) in [5.74, 6) is 2.63. The van der Waals surface area contributed by atoms with E-state index in [9.17, 15) is 9.59 Å². The van der Waals surface area contributed by atoms with Gasteiger partial charge in [-0.1, -0.05) is 18.6 Å². The van der Waals surface area contributed by atoms with Gasteiger partial charge in [-0.3, -0.25) is 20.4 Å². The van der Waals surface area contributed by atoms with E-state index in [0.717, 1.165) is 12.3 Å². The molecule has 0 spiro atoms. The lowest BCUT2D eigenvalue weighted by Gasteiger charge is -2.26. The lowest BCUT2D eigenvalue weighted by atomic mass is 9.86. The van der Waals surface area contributed by atoms with Crippen LogP contribution in [0.4, 0.5) is 0 Å². The number of benzene rings is 1. The van der Waals surface area contributed by atoms with E-state index in [1.54, 1.807) is 12.1 Å². The third-order valence-electron chi connectivity index (χ3n) is 5.46. The van der Waals surface area contributed by atoms with Crippen molar-refractivity contribution in [2.24, 2.45) is 17.8 Å². The van der Waals surface area contributed by atoms with Crippen molar-refractivity contribution in [2.75, 3.05) is 6.61 Å². The zero-order valence-electron chi connectivity index (χ0n) is 13.5. The van der Waals surface area contributed by atoms with E-state index < -0.39 is 12.0 Å². The monoisotopic (exact) mass is 330 g/mol. The maximum absolute atomic E-state index is 12.1. The molecule has 2 bridgehead atoms. The van der Waals surface area contributed by atoms with Crippen LogP contribution >= 0.6 is 0 Å². The Hall–Kier alpha value is -2.24.